The smallest absolute Gasteiger partial charge is 0.113 e. The molecule has 0 aliphatic carbocycles. The molecular formula is C10H14N4. The highest BCUT2D eigenvalue weighted by atomic mass is 15.4. The van der Waals surface area contributed by atoms with E-state index in [-0.39, 0.29) is 0 Å². The molecule has 0 atom stereocenters. The standard InChI is InChI=1S/C10H14N4/c1-14-10-8(5-3-7-11)4-2-6-9(10)12-13-14/h2,4,6H,3,5,7,11H2,1H3. The average molecular weight is 190 g/mol. The number of rotatable bonds is 3. The Balaban J connectivity index is 2.46. The Hall–Kier alpha value is -1.42. The highest BCUT2D eigenvalue weighted by molar-refractivity contribution is 5.77. The minimum absolute atomic E-state index is 0.724. The lowest BCUT2D eigenvalue weighted by molar-refractivity contribution is 0.730. The molecule has 0 saturated heterocycles. The highest BCUT2D eigenvalue weighted by Gasteiger charge is 2.05. The average Bonchev–Trinajstić information content (AvgIpc) is 2.58. The molecule has 74 valence electrons. The Morgan fingerprint density at radius 3 is 3.07 bits per heavy atom. The lowest BCUT2D eigenvalue weighted by Crippen LogP contribution is -2.01. The van der Waals surface area contributed by atoms with E-state index in [0.29, 0.717) is 0 Å². The molecule has 0 saturated carbocycles. The first kappa shape index (κ1) is 9.15. The minimum Gasteiger partial charge on any atom is -0.330 e. The predicted octanol–water partition coefficient (Wildman–Crippen LogP) is 0.860. The molecule has 4 nitrogen and oxygen atoms in total. The van der Waals surface area contributed by atoms with Crippen LogP contribution in [0.2, 0.25) is 0 Å². The van der Waals surface area contributed by atoms with Gasteiger partial charge in [-0.2, -0.15) is 0 Å². The van der Waals surface area contributed by atoms with E-state index in [0.717, 1.165) is 30.4 Å². The van der Waals surface area contributed by atoms with Crippen LogP contribution in [0.25, 0.3) is 11.0 Å². The molecule has 0 fully saturated rings. The molecule has 1 aromatic heterocycles. The summed E-state index contributed by atoms with van der Waals surface area (Å²) in [6.45, 7) is 0.724. The van der Waals surface area contributed by atoms with Crippen molar-refractivity contribution in [2.45, 2.75) is 12.8 Å². The van der Waals surface area contributed by atoms with Crippen molar-refractivity contribution >= 4 is 11.0 Å². The third-order valence-corrected chi connectivity index (χ3v) is 2.36. The number of nitrogens with zero attached hydrogens (tertiary/aromatic N) is 3. The zero-order chi connectivity index (χ0) is 9.97. The summed E-state index contributed by atoms with van der Waals surface area (Å²) in [6.07, 6.45) is 2.00. The number of hydrogen-bond donors (Lipinski definition) is 1. The maximum Gasteiger partial charge on any atom is 0.113 e. The van der Waals surface area contributed by atoms with Crippen molar-refractivity contribution in [2.75, 3.05) is 6.54 Å². The molecule has 0 aliphatic heterocycles. The molecule has 2 N–H and O–H groups in total. The zero-order valence-corrected chi connectivity index (χ0v) is 8.27. The van der Waals surface area contributed by atoms with Crippen molar-refractivity contribution in [3.63, 3.8) is 0 Å². The van der Waals surface area contributed by atoms with Crippen LogP contribution < -0.4 is 5.73 Å². The lowest BCUT2D eigenvalue weighted by Gasteiger charge is -2.02. The second kappa shape index (κ2) is 3.75. The van der Waals surface area contributed by atoms with Gasteiger partial charge in [-0.3, -0.25) is 0 Å². The molecule has 2 aromatic rings. The van der Waals surface area contributed by atoms with Crippen LogP contribution in [0.5, 0.6) is 0 Å². The third kappa shape index (κ3) is 1.48. The van der Waals surface area contributed by atoms with E-state index in [9.17, 15) is 0 Å². The van der Waals surface area contributed by atoms with E-state index in [2.05, 4.69) is 16.4 Å². The van der Waals surface area contributed by atoms with Gasteiger partial charge in [-0.25, -0.2) is 4.68 Å². The first-order chi connectivity index (χ1) is 6.83. The molecule has 4 heteroatoms. The first-order valence-corrected chi connectivity index (χ1v) is 4.80. The molecule has 2 rings (SSSR count). The van der Waals surface area contributed by atoms with Crippen molar-refractivity contribution in [1.29, 1.82) is 0 Å². The Labute approximate surface area is 82.7 Å². The van der Waals surface area contributed by atoms with Crippen LogP contribution in [0.15, 0.2) is 18.2 Å². The van der Waals surface area contributed by atoms with E-state index in [4.69, 9.17) is 5.73 Å². The molecule has 14 heavy (non-hydrogen) atoms. The summed E-state index contributed by atoms with van der Waals surface area (Å²) >= 11 is 0. The first-order valence-electron chi connectivity index (χ1n) is 4.80. The van der Waals surface area contributed by atoms with Crippen molar-refractivity contribution in [1.82, 2.24) is 15.0 Å². The molecule has 0 aliphatic rings. The van der Waals surface area contributed by atoms with Crippen LogP contribution in [0.1, 0.15) is 12.0 Å². The summed E-state index contributed by atoms with van der Waals surface area (Å²) in [4.78, 5) is 0. The van der Waals surface area contributed by atoms with Crippen LogP contribution in [-0.4, -0.2) is 21.5 Å². The summed E-state index contributed by atoms with van der Waals surface area (Å²) in [5.74, 6) is 0. The van der Waals surface area contributed by atoms with Crippen LogP contribution in [0.3, 0.4) is 0 Å². The number of nitrogens with two attached hydrogens (primary N) is 1. The number of benzene rings is 1. The van der Waals surface area contributed by atoms with Gasteiger partial charge in [0.05, 0.1) is 5.52 Å². The van der Waals surface area contributed by atoms with Crippen molar-refractivity contribution in [3.8, 4) is 0 Å². The molecule has 1 aromatic carbocycles. The molecule has 0 bridgehead atoms. The van der Waals surface area contributed by atoms with Gasteiger partial charge in [0, 0.05) is 7.05 Å². The molecular weight excluding hydrogens is 176 g/mol. The molecule has 1 heterocycles. The summed E-state index contributed by atoms with van der Waals surface area (Å²) in [5.41, 5.74) is 8.86. The normalized spacial score (nSPS) is 11.0. The number of para-hydroxylation sites is 1. The zero-order valence-electron chi connectivity index (χ0n) is 8.27. The van der Waals surface area contributed by atoms with E-state index in [1.807, 2.05) is 23.9 Å². The molecule has 0 spiro atoms. The van der Waals surface area contributed by atoms with Gasteiger partial charge < -0.3 is 5.73 Å². The number of fused-ring (bicyclic) bond motifs is 1. The Morgan fingerprint density at radius 1 is 1.43 bits per heavy atom. The number of aromatic nitrogens is 3. The van der Waals surface area contributed by atoms with Gasteiger partial charge in [-0.1, -0.05) is 17.3 Å². The van der Waals surface area contributed by atoms with Crippen molar-refractivity contribution in [2.24, 2.45) is 12.8 Å². The predicted molar refractivity (Wildman–Crippen MR) is 55.9 cm³/mol. The monoisotopic (exact) mass is 190 g/mol. The quantitative estimate of drug-likeness (QED) is 0.781. The van der Waals surface area contributed by atoms with Gasteiger partial charge in [-0.15, -0.1) is 5.10 Å². The number of hydrogen-bond acceptors (Lipinski definition) is 3. The minimum atomic E-state index is 0.724. The van der Waals surface area contributed by atoms with Gasteiger partial charge in [0.15, 0.2) is 0 Å². The summed E-state index contributed by atoms with van der Waals surface area (Å²) < 4.78 is 1.82. The lowest BCUT2D eigenvalue weighted by atomic mass is 10.1. The van der Waals surface area contributed by atoms with E-state index in [1.54, 1.807) is 0 Å². The topological polar surface area (TPSA) is 56.7 Å². The fraction of sp³-hybridized carbons (Fsp3) is 0.400. The largest absolute Gasteiger partial charge is 0.330 e. The van der Waals surface area contributed by atoms with E-state index < -0.39 is 0 Å². The Morgan fingerprint density at radius 2 is 2.29 bits per heavy atom. The van der Waals surface area contributed by atoms with E-state index >= 15 is 0 Å². The summed E-state index contributed by atoms with van der Waals surface area (Å²) in [6, 6.07) is 6.11. The van der Waals surface area contributed by atoms with Gasteiger partial charge >= 0.3 is 0 Å². The second-order valence-corrected chi connectivity index (χ2v) is 3.39. The third-order valence-electron chi connectivity index (χ3n) is 2.36. The maximum atomic E-state index is 5.50. The fourth-order valence-corrected chi connectivity index (χ4v) is 1.69. The van der Waals surface area contributed by atoms with Crippen molar-refractivity contribution < 1.29 is 0 Å². The van der Waals surface area contributed by atoms with Crippen molar-refractivity contribution in [3.05, 3.63) is 23.8 Å². The van der Waals surface area contributed by atoms with Gasteiger partial charge in [0.1, 0.15) is 5.52 Å². The second-order valence-electron chi connectivity index (χ2n) is 3.39. The maximum absolute atomic E-state index is 5.50. The molecule has 0 amide bonds. The van der Waals surface area contributed by atoms with Crippen LogP contribution in [-0.2, 0) is 13.5 Å². The van der Waals surface area contributed by atoms with Gasteiger partial charge in [0.25, 0.3) is 0 Å². The highest BCUT2D eigenvalue weighted by Crippen LogP contribution is 2.16. The Bertz CT molecular complexity index is 433. The van der Waals surface area contributed by atoms with Gasteiger partial charge in [-0.05, 0) is 31.0 Å². The summed E-state index contributed by atoms with van der Waals surface area (Å²) in [7, 11) is 1.92. The van der Waals surface area contributed by atoms with Crippen LogP contribution in [0.4, 0.5) is 0 Å². The fourth-order valence-electron chi connectivity index (χ4n) is 1.69. The summed E-state index contributed by atoms with van der Waals surface area (Å²) in [5, 5.41) is 8.07. The molecule has 0 radical (unpaired) electrons. The van der Waals surface area contributed by atoms with E-state index in [1.165, 1.54) is 5.56 Å². The SMILES string of the molecule is Cn1nnc2cccc(CCCN)c21. The van der Waals surface area contributed by atoms with Crippen LogP contribution in [0, 0.1) is 0 Å². The van der Waals surface area contributed by atoms with Crippen LogP contribution >= 0.6 is 0 Å². The molecule has 0 unspecified atom stereocenters. The number of aryl methyl sites for hydroxylation is 2. The van der Waals surface area contributed by atoms with Gasteiger partial charge in [0.2, 0.25) is 0 Å². The Kier molecular flexibility index (Phi) is 2.45.